The van der Waals surface area contributed by atoms with E-state index < -0.39 is 0 Å². The smallest absolute Gasteiger partial charge is 0.119 e. The van der Waals surface area contributed by atoms with Crippen LogP contribution >= 0.6 is 15.9 Å². The van der Waals surface area contributed by atoms with Gasteiger partial charge in [-0.2, -0.15) is 0 Å². The number of hydrogen-bond acceptors (Lipinski definition) is 1. The Morgan fingerprint density at radius 2 is 1.89 bits per heavy atom. The molecule has 1 unspecified atom stereocenters. The highest BCUT2D eigenvalue weighted by molar-refractivity contribution is 9.10. The maximum Gasteiger partial charge on any atom is 0.119 e. The van der Waals surface area contributed by atoms with Crippen molar-refractivity contribution in [3.8, 4) is 5.75 Å². The average molecular weight is 311 g/mol. The van der Waals surface area contributed by atoms with Crippen LogP contribution in [0, 0.1) is 5.92 Å². The van der Waals surface area contributed by atoms with Crippen LogP contribution in [-0.4, -0.2) is 6.61 Å². The molecule has 1 atom stereocenters. The van der Waals surface area contributed by atoms with Gasteiger partial charge >= 0.3 is 0 Å². The van der Waals surface area contributed by atoms with Crippen molar-refractivity contribution in [3.63, 3.8) is 0 Å². The van der Waals surface area contributed by atoms with Crippen molar-refractivity contribution in [2.45, 2.75) is 40.0 Å². The molecule has 2 heteroatoms. The molecule has 0 aromatic heterocycles. The molecular formula is C16H23BrO. The first kappa shape index (κ1) is 15.3. The fraction of sp³-hybridized carbons (Fsp3) is 0.500. The largest absolute Gasteiger partial charge is 0.494 e. The van der Waals surface area contributed by atoms with Crippen molar-refractivity contribution in [1.82, 2.24) is 0 Å². The summed E-state index contributed by atoms with van der Waals surface area (Å²) in [5.74, 6) is 1.67. The Hall–Kier alpha value is -0.760. The zero-order valence-electron chi connectivity index (χ0n) is 11.6. The molecule has 0 spiro atoms. The molecule has 1 aromatic carbocycles. The minimum absolute atomic E-state index is 0.719. The van der Waals surface area contributed by atoms with Crippen LogP contribution in [-0.2, 0) is 0 Å². The SMILES string of the molecule is CC(C)=CCCC(C)CCOc1ccc(Br)cc1. The van der Waals surface area contributed by atoms with Crippen LogP contribution in [0.1, 0.15) is 40.0 Å². The standard InChI is InChI=1S/C16H23BrO/c1-13(2)5-4-6-14(3)11-12-18-16-9-7-15(17)8-10-16/h5,7-10,14H,4,6,11-12H2,1-3H3. The quantitative estimate of drug-likeness (QED) is 0.595. The molecule has 1 aromatic rings. The van der Waals surface area contributed by atoms with Crippen LogP contribution in [0.25, 0.3) is 0 Å². The summed E-state index contributed by atoms with van der Waals surface area (Å²) < 4.78 is 6.81. The lowest BCUT2D eigenvalue weighted by molar-refractivity contribution is 0.279. The molecular weight excluding hydrogens is 288 g/mol. The van der Waals surface area contributed by atoms with Crippen LogP contribution in [0.15, 0.2) is 40.4 Å². The molecule has 18 heavy (non-hydrogen) atoms. The van der Waals surface area contributed by atoms with Gasteiger partial charge in [-0.25, -0.2) is 0 Å². The van der Waals surface area contributed by atoms with E-state index in [0.29, 0.717) is 0 Å². The number of ether oxygens (including phenoxy) is 1. The first-order valence-corrected chi connectivity index (χ1v) is 7.39. The molecule has 0 radical (unpaired) electrons. The highest BCUT2D eigenvalue weighted by Crippen LogP contribution is 2.17. The van der Waals surface area contributed by atoms with E-state index >= 15 is 0 Å². The second-order valence-electron chi connectivity index (χ2n) is 5.06. The highest BCUT2D eigenvalue weighted by Gasteiger charge is 2.02. The predicted molar refractivity (Wildman–Crippen MR) is 82.1 cm³/mol. The molecule has 0 aliphatic heterocycles. The lowest BCUT2D eigenvalue weighted by Crippen LogP contribution is -2.04. The maximum absolute atomic E-state index is 5.72. The van der Waals surface area contributed by atoms with Crippen LogP contribution < -0.4 is 4.74 Å². The monoisotopic (exact) mass is 310 g/mol. The molecule has 0 saturated heterocycles. The van der Waals surface area contributed by atoms with Crippen molar-refractivity contribution in [2.24, 2.45) is 5.92 Å². The molecule has 0 saturated carbocycles. The normalized spacial score (nSPS) is 12.0. The van der Waals surface area contributed by atoms with E-state index in [4.69, 9.17) is 4.74 Å². The molecule has 0 amide bonds. The number of benzene rings is 1. The Bertz CT molecular complexity index is 363. The van der Waals surface area contributed by atoms with E-state index in [1.54, 1.807) is 0 Å². The van der Waals surface area contributed by atoms with E-state index in [0.717, 1.165) is 29.2 Å². The van der Waals surface area contributed by atoms with Gasteiger partial charge < -0.3 is 4.74 Å². The predicted octanol–water partition coefficient (Wildman–Crippen LogP) is 5.60. The number of allylic oxidation sites excluding steroid dienone is 2. The van der Waals surface area contributed by atoms with Crippen LogP contribution in [0.3, 0.4) is 0 Å². The Morgan fingerprint density at radius 3 is 2.50 bits per heavy atom. The van der Waals surface area contributed by atoms with E-state index in [-0.39, 0.29) is 0 Å². The number of rotatable bonds is 7. The van der Waals surface area contributed by atoms with Crippen LogP contribution in [0.2, 0.25) is 0 Å². The van der Waals surface area contributed by atoms with Crippen molar-refractivity contribution in [1.29, 1.82) is 0 Å². The summed E-state index contributed by atoms with van der Waals surface area (Å²) >= 11 is 3.42. The molecule has 0 aliphatic carbocycles. The summed E-state index contributed by atoms with van der Waals surface area (Å²) in [7, 11) is 0. The Balaban J connectivity index is 2.17. The summed E-state index contributed by atoms with van der Waals surface area (Å²) in [5, 5.41) is 0. The minimum Gasteiger partial charge on any atom is -0.494 e. The highest BCUT2D eigenvalue weighted by atomic mass is 79.9. The maximum atomic E-state index is 5.72. The van der Waals surface area contributed by atoms with Gasteiger partial charge in [0.1, 0.15) is 5.75 Å². The third kappa shape index (κ3) is 6.85. The Labute approximate surface area is 119 Å². The van der Waals surface area contributed by atoms with Gasteiger partial charge in [-0.1, -0.05) is 34.5 Å². The lowest BCUT2D eigenvalue weighted by atomic mass is 10.0. The number of halogens is 1. The van der Waals surface area contributed by atoms with Crippen molar-refractivity contribution in [2.75, 3.05) is 6.61 Å². The van der Waals surface area contributed by atoms with Crippen molar-refractivity contribution in [3.05, 3.63) is 40.4 Å². The fourth-order valence-corrected chi connectivity index (χ4v) is 1.97. The van der Waals surface area contributed by atoms with Gasteiger partial charge in [-0.05, 0) is 63.3 Å². The zero-order chi connectivity index (χ0) is 13.4. The molecule has 1 rings (SSSR count). The van der Waals surface area contributed by atoms with Gasteiger partial charge in [0.2, 0.25) is 0 Å². The third-order valence-electron chi connectivity index (χ3n) is 2.91. The fourth-order valence-electron chi connectivity index (χ4n) is 1.71. The summed E-state index contributed by atoms with van der Waals surface area (Å²) in [6.07, 6.45) is 5.86. The Morgan fingerprint density at radius 1 is 1.22 bits per heavy atom. The molecule has 0 heterocycles. The summed E-state index contributed by atoms with van der Waals surface area (Å²) in [4.78, 5) is 0. The van der Waals surface area contributed by atoms with Crippen LogP contribution in [0.4, 0.5) is 0 Å². The minimum atomic E-state index is 0.719. The Kier molecular flexibility index (Phi) is 7.11. The third-order valence-corrected chi connectivity index (χ3v) is 3.43. The van der Waals surface area contributed by atoms with Gasteiger partial charge in [0.15, 0.2) is 0 Å². The number of hydrogen-bond donors (Lipinski definition) is 0. The van der Waals surface area contributed by atoms with Crippen molar-refractivity contribution < 1.29 is 4.74 Å². The first-order valence-electron chi connectivity index (χ1n) is 6.59. The van der Waals surface area contributed by atoms with Crippen LogP contribution in [0.5, 0.6) is 5.75 Å². The first-order chi connectivity index (χ1) is 8.58. The molecule has 1 nitrogen and oxygen atoms in total. The van der Waals surface area contributed by atoms with Gasteiger partial charge in [0.05, 0.1) is 6.61 Å². The second kappa shape index (κ2) is 8.36. The summed E-state index contributed by atoms with van der Waals surface area (Å²) in [6, 6.07) is 8.01. The van der Waals surface area contributed by atoms with Crippen molar-refractivity contribution >= 4 is 15.9 Å². The average Bonchev–Trinajstić information content (AvgIpc) is 2.31. The van der Waals surface area contributed by atoms with Gasteiger partial charge in [-0.3, -0.25) is 0 Å². The van der Waals surface area contributed by atoms with E-state index in [1.165, 1.54) is 18.4 Å². The summed E-state index contributed by atoms with van der Waals surface area (Å²) in [6.45, 7) is 7.41. The lowest BCUT2D eigenvalue weighted by Gasteiger charge is -2.11. The molecule has 0 aliphatic rings. The second-order valence-corrected chi connectivity index (χ2v) is 5.97. The van der Waals surface area contributed by atoms with Gasteiger partial charge in [-0.15, -0.1) is 0 Å². The molecule has 100 valence electrons. The van der Waals surface area contributed by atoms with Gasteiger partial charge in [0.25, 0.3) is 0 Å². The van der Waals surface area contributed by atoms with Gasteiger partial charge in [0, 0.05) is 4.47 Å². The van der Waals surface area contributed by atoms with E-state index in [1.807, 2.05) is 24.3 Å². The topological polar surface area (TPSA) is 9.23 Å². The molecule has 0 bridgehead atoms. The zero-order valence-corrected chi connectivity index (χ0v) is 13.2. The molecule has 0 N–H and O–H groups in total. The van der Waals surface area contributed by atoms with E-state index in [9.17, 15) is 0 Å². The molecule has 0 fully saturated rings. The van der Waals surface area contributed by atoms with E-state index in [2.05, 4.69) is 42.8 Å². The summed E-state index contributed by atoms with van der Waals surface area (Å²) in [5.41, 5.74) is 1.41.